The first kappa shape index (κ1) is 31.5. The number of aryl methyl sites for hydroxylation is 1. The number of nitro groups is 1. The van der Waals surface area contributed by atoms with E-state index in [1.54, 1.807) is 55.1 Å². The van der Waals surface area contributed by atoms with Crippen molar-refractivity contribution in [2.75, 3.05) is 11.5 Å². The molecule has 7 atom stereocenters. The molecule has 1 saturated heterocycles. The average molecular weight is 698 g/mol. The summed E-state index contributed by atoms with van der Waals surface area (Å²) in [5.74, 6) is -2.62. The van der Waals surface area contributed by atoms with E-state index in [1.165, 1.54) is 11.0 Å². The molecule has 250 valence electrons. The number of amides is 2. The fraction of sp³-hybridized carbons (Fsp3) is 0.333. The largest absolute Gasteiger partial charge is 0.489 e. The summed E-state index contributed by atoms with van der Waals surface area (Å²) in [5, 5.41) is 12.6. The Labute approximate surface area is 288 Å². The van der Waals surface area contributed by atoms with Crippen molar-refractivity contribution in [3.63, 3.8) is 0 Å². The maximum atomic E-state index is 14.2. The lowest BCUT2D eigenvalue weighted by atomic mass is 9.68. The van der Waals surface area contributed by atoms with Crippen LogP contribution in [0, 0.1) is 46.6 Å². The Morgan fingerprint density at radius 2 is 1.76 bits per heavy atom. The number of benzene rings is 3. The second-order valence-corrected chi connectivity index (χ2v) is 15.1. The summed E-state index contributed by atoms with van der Waals surface area (Å²) in [4.78, 5) is 69.7. The first-order valence-corrected chi connectivity index (χ1v) is 17.9. The second kappa shape index (κ2) is 12.0. The highest BCUT2D eigenvalue weighted by Gasteiger charge is 2.70. The predicted molar refractivity (Wildman–Crippen MR) is 182 cm³/mol. The number of hydrogen-bond donors (Lipinski definition) is 1. The van der Waals surface area contributed by atoms with Gasteiger partial charge in [-0.05, 0) is 79.5 Å². The van der Waals surface area contributed by atoms with E-state index in [9.17, 15) is 29.3 Å². The van der Waals surface area contributed by atoms with Crippen LogP contribution >= 0.6 is 23.1 Å². The normalized spacial score (nSPS) is 26.3. The van der Waals surface area contributed by atoms with Crippen molar-refractivity contribution >= 4 is 52.3 Å². The molecule has 1 aromatic heterocycles. The van der Waals surface area contributed by atoms with Crippen molar-refractivity contribution in [1.82, 2.24) is 4.98 Å². The molecule has 3 aromatic carbocycles. The van der Waals surface area contributed by atoms with Gasteiger partial charge in [-0.3, -0.25) is 29.4 Å². The molecule has 2 aliphatic carbocycles. The lowest BCUT2D eigenvalue weighted by Crippen LogP contribution is -2.42. The van der Waals surface area contributed by atoms with Crippen molar-refractivity contribution in [1.29, 1.82) is 0 Å². The van der Waals surface area contributed by atoms with E-state index in [1.807, 2.05) is 31.2 Å². The number of aromatic amines is 1. The van der Waals surface area contributed by atoms with Gasteiger partial charge in [0.15, 0.2) is 0 Å². The molecule has 2 amide bonds. The molecular weight excluding hydrogens is 667 g/mol. The van der Waals surface area contributed by atoms with Gasteiger partial charge in [0.1, 0.15) is 12.4 Å². The van der Waals surface area contributed by atoms with Gasteiger partial charge in [-0.2, -0.15) is 0 Å². The Morgan fingerprint density at radius 3 is 2.47 bits per heavy atom. The Balaban J connectivity index is 1.18. The van der Waals surface area contributed by atoms with Crippen LogP contribution < -0.4 is 14.5 Å². The lowest BCUT2D eigenvalue weighted by Gasteiger charge is -2.43. The highest BCUT2D eigenvalue weighted by atomic mass is 32.2. The highest BCUT2D eigenvalue weighted by molar-refractivity contribution is 8.00. The maximum Gasteiger partial charge on any atom is 0.338 e. The SMILES string of the molecule is CCOC(=O)c1ccc(N2C(=O)C3C(C2=O)[C@@H]2C[C@H]3C3Sc4[nH]c(=O)sc4C(c4cc([N+](=O)[O-])ccc4OCc4ccccc4C)C32)cc1. The molecule has 2 saturated carbocycles. The van der Waals surface area contributed by atoms with Gasteiger partial charge in [0.2, 0.25) is 11.8 Å². The number of thiazole rings is 1. The molecular formula is C36H31N3O8S2. The third kappa shape index (κ3) is 5.01. The number of esters is 1. The van der Waals surface area contributed by atoms with Gasteiger partial charge >= 0.3 is 10.8 Å². The summed E-state index contributed by atoms with van der Waals surface area (Å²) in [5.41, 5.74) is 3.26. The van der Waals surface area contributed by atoms with Gasteiger partial charge in [0.05, 0.1) is 39.6 Å². The number of carbonyl (C=O) groups is 3. The molecule has 8 rings (SSSR count). The van der Waals surface area contributed by atoms with Crippen LogP contribution in [0.3, 0.4) is 0 Å². The molecule has 1 N–H and O–H groups in total. The predicted octanol–water partition coefficient (Wildman–Crippen LogP) is 6.09. The van der Waals surface area contributed by atoms with Crippen LogP contribution in [0.1, 0.15) is 51.2 Å². The van der Waals surface area contributed by atoms with Crippen molar-refractivity contribution in [3.05, 3.63) is 114 Å². The lowest BCUT2D eigenvalue weighted by molar-refractivity contribution is -0.385. The minimum atomic E-state index is -0.571. The van der Waals surface area contributed by atoms with Crippen LogP contribution in [0.25, 0.3) is 0 Å². The number of fused-ring (bicyclic) bond motifs is 9. The van der Waals surface area contributed by atoms with E-state index in [-0.39, 0.29) is 58.6 Å². The third-order valence-corrected chi connectivity index (χ3v) is 13.1. The van der Waals surface area contributed by atoms with Crippen molar-refractivity contribution < 1.29 is 28.8 Å². The molecule has 13 heteroatoms. The van der Waals surface area contributed by atoms with E-state index in [4.69, 9.17) is 9.47 Å². The zero-order valence-corrected chi connectivity index (χ0v) is 28.1. The Kier molecular flexibility index (Phi) is 7.71. The quantitative estimate of drug-likeness (QED) is 0.1000. The van der Waals surface area contributed by atoms with E-state index in [2.05, 4.69) is 4.98 Å². The standard InChI is InChI=1S/C36H31N3O8S2/c1-3-46-35(42)18-8-10-20(11-9-18)38-33(40)28-23-15-24(29(28)34(38)41)30-27(23)26(31-32(48-30)37-36(43)49-31)22-14-21(39(44)45)12-13-25(22)47-16-19-7-5-4-6-17(19)2/h4-14,23-24,26-30H,3,15-16H2,1-2H3,(H,37,43)/t23-,24-,26?,27?,28?,29?,30?/m1/s1. The molecule has 2 aliphatic heterocycles. The molecule has 3 heterocycles. The van der Waals surface area contributed by atoms with Gasteiger partial charge in [0.25, 0.3) is 5.69 Å². The van der Waals surface area contributed by atoms with Gasteiger partial charge < -0.3 is 14.5 Å². The third-order valence-electron chi connectivity index (χ3n) is 10.5. The van der Waals surface area contributed by atoms with Gasteiger partial charge in [-0.25, -0.2) is 4.79 Å². The number of rotatable bonds is 8. The molecule has 5 unspecified atom stereocenters. The van der Waals surface area contributed by atoms with Crippen LogP contribution in [0.4, 0.5) is 11.4 Å². The van der Waals surface area contributed by atoms with Crippen LogP contribution in [0.2, 0.25) is 0 Å². The average Bonchev–Trinajstić information content (AvgIpc) is 3.83. The smallest absolute Gasteiger partial charge is 0.338 e. The number of non-ortho nitro benzene ring substituents is 1. The summed E-state index contributed by atoms with van der Waals surface area (Å²) in [6.07, 6.45) is 0.661. The van der Waals surface area contributed by atoms with Gasteiger partial charge in [-0.15, -0.1) is 11.8 Å². The van der Waals surface area contributed by atoms with Crippen molar-refractivity contribution in [2.45, 2.75) is 43.1 Å². The number of H-pyrrole nitrogens is 1. The fourth-order valence-electron chi connectivity index (χ4n) is 8.53. The minimum Gasteiger partial charge on any atom is -0.489 e. The molecule has 0 spiro atoms. The first-order chi connectivity index (χ1) is 23.7. The monoisotopic (exact) mass is 697 g/mol. The topological polar surface area (TPSA) is 149 Å². The van der Waals surface area contributed by atoms with Gasteiger partial charge in [-0.1, -0.05) is 35.6 Å². The number of anilines is 1. The number of hydrogen-bond acceptors (Lipinski definition) is 10. The van der Waals surface area contributed by atoms with Crippen LogP contribution in [-0.2, 0) is 20.9 Å². The molecule has 4 aromatic rings. The van der Waals surface area contributed by atoms with E-state index in [0.717, 1.165) is 27.3 Å². The second-order valence-electron chi connectivity index (χ2n) is 12.9. The zero-order chi connectivity index (χ0) is 34.1. The summed E-state index contributed by atoms with van der Waals surface area (Å²) in [6, 6.07) is 18.7. The molecule has 11 nitrogen and oxygen atoms in total. The van der Waals surface area contributed by atoms with E-state index >= 15 is 0 Å². The minimum absolute atomic E-state index is 0.0944. The Bertz CT molecular complexity index is 2090. The van der Waals surface area contributed by atoms with Crippen molar-refractivity contribution in [2.24, 2.45) is 29.6 Å². The number of nitrogens with zero attached hydrogens (tertiary/aromatic N) is 2. The number of nitro benzene ring substituents is 1. The summed E-state index contributed by atoms with van der Waals surface area (Å²) in [7, 11) is 0. The fourth-order valence-corrected chi connectivity index (χ4v) is 11.4. The van der Waals surface area contributed by atoms with Crippen molar-refractivity contribution in [3.8, 4) is 5.75 Å². The van der Waals surface area contributed by atoms with Crippen LogP contribution in [0.15, 0.2) is 76.6 Å². The van der Waals surface area contributed by atoms with E-state index in [0.29, 0.717) is 34.0 Å². The summed E-state index contributed by atoms with van der Waals surface area (Å²) < 4.78 is 11.5. The maximum absolute atomic E-state index is 14.2. The number of ether oxygens (including phenoxy) is 2. The Hall–Kier alpha value is -4.75. The molecule has 3 fully saturated rings. The number of imide groups is 1. The number of carbonyl (C=O) groups excluding carboxylic acids is 3. The number of aromatic nitrogens is 1. The van der Waals surface area contributed by atoms with Crippen LogP contribution in [0.5, 0.6) is 5.75 Å². The molecule has 0 radical (unpaired) electrons. The van der Waals surface area contributed by atoms with Gasteiger partial charge in [0, 0.05) is 33.7 Å². The van der Waals surface area contributed by atoms with Crippen LogP contribution in [-0.4, -0.2) is 39.5 Å². The number of nitrogens with one attached hydrogen (secondary N) is 1. The Morgan fingerprint density at radius 1 is 1.02 bits per heavy atom. The summed E-state index contributed by atoms with van der Waals surface area (Å²) >= 11 is 2.63. The van der Waals surface area contributed by atoms with E-state index < -0.39 is 28.6 Å². The first-order valence-electron chi connectivity index (χ1n) is 16.2. The molecule has 2 bridgehead atoms. The molecule has 4 aliphatic rings. The molecule has 49 heavy (non-hydrogen) atoms. The summed E-state index contributed by atoms with van der Waals surface area (Å²) in [6.45, 7) is 4.19. The zero-order valence-electron chi connectivity index (χ0n) is 26.5. The number of thioether (sulfide) groups is 1. The highest BCUT2D eigenvalue weighted by Crippen LogP contribution is 2.69.